The number of fused-ring (bicyclic) bond motifs is 2. The summed E-state index contributed by atoms with van der Waals surface area (Å²) in [4.78, 5) is 31.0. The van der Waals surface area contributed by atoms with Crippen LogP contribution in [0.4, 0.5) is 24.5 Å². The van der Waals surface area contributed by atoms with Gasteiger partial charge in [0.15, 0.2) is 0 Å². The van der Waals surface area contributed by atoms with E-state index in [2.05, 4.69) is 27.5 Å². The predicted molar refractivity (Wildman–Crippen MR) is 138 cm³/mol. The fraction of sp³-hybridized carbons (Fsp3) is 0.500. The van der Waals surface area contributed by atoms with Crippen LogP contribution in [-0.4, -0.2) is 63.1 Å². The zero-order valence-electron chi connectivity index (χ0n) is 21.6. The van der Waals surface area contributed by atoms with E-state index in [1.165, 1.54) is 12.1 Å². The van der Waals surface area contributed by atoms with Gasteiger partial charge in [0.1, 0.15) is 5.75 Å². The van der Waals surface area contributed by atoms with Crippen molar-refractivity contribution in [3.8, 4) is 5.75 Å². The Morgan fingerprint density at radius 1 is 1.00 bits per heavy atom. The lowest BCUT2D eigenvalue weighted by Gasteiger charge is -2.34. The van der Waals surface area contributed by atoms with Gasteiger partial charge in [-0.25, -0.2) is 0 Å². The number of methoxy groups -OCH3 is 1. The van der Waals surface area contributed by atoms with Crippen molar-refractivity contribution in [3.63, 3.8) is 0 Å². The van der Waals surface area contributed by atoms with Gasteiger partial charge in [-0.1, -0.05) is 6.07 Å². The van der Waals surface area contributed by atoms with Gasteiger partial charge in [-0.3, -0.25) is 9.59 Å². The summed E-state index contributed by atoms with van der Waals surface area (Å²) in [5.74, 6) is -0.486. The van der Waals surface area contributed by atoms with Gasteiger partial charge in [-0.05, 0) is 68.5 Å². The zero-order chi connectivity index (χ0) is 27.0. The number of carbonyl (C=O) groups excluding carboxylic acids is 2. The normalized spacial score (nSPS) is 25.3. The maximum absolute atomic E-state index is 13.5. The van der Waals surface area contributed by atoms with Crippen molar-refractivity contribution >= 4 is 23.2 Å². The molecule has 1 heterocycles. The van der Waals surface area contributed by atoms with Crippen molar-refractivity contribution in [3.05, 3.63) is 53.6 Å². The Morgan fingerprint density at radius 3 is 2.45 bits per heavy atom. The summed E-state index contributed by atoms with van der Waals surface area (Å²) in [6, 6.07) is 9.67. The zero-order valence-corrected chi connectivity index (χ0v) is 21.6. The second-order valence-electron chi connectivity index (χ2n) is 10.6. The molecule has 10 heteroatoms. The lowest BCUT2D eigenvalue weighted by molar-refractivity contribution is -0.137. The molecule has 5 rings (SSSR count). The van der Waals surface area contributed by atoms with E-state index in [1.807, 2.05) is 18.2 Å². The first-order valence-corrected chi connectivity index (χ1v) is 13.0. The number of hydrogen-bond acceptors (Lipinski definition) is 5. The molecule has 2 saturated carbocycles. The molecule has 7 nitrogen and oxygen atoms in total. The van der Waals surface area contributed by atoms with Crippen molar-refractivity contribution in [1.29, 1.82) is 0 Å². The quantitative estimate of drug-likeness (QED) is 0.584. The molecule has 2 bridgehead atoms. The Bertz CT molecular complexity index is 1200. The molecule has 38 heavy (non-hydrogen) atoms. The molecule has 0 aromatic heterocycles. The minimum atomic E-state index is -4.54. The van der Waals surface area contributed by atoms with E-state index in [4.69, 9.17) is 4.74 Å². The molecule has 204 valence electrons. The van der Waals surface area contributed by atoms with Crippen LogP contribution in [0, 0.1) is 17.8 Å². The Kier molecular flexibility index (Phi) is 7.26. The number of rotatable bonds is 6. The number of benzene rings is 2. The Balaban J connectivity index is 1.30. The van der Waals surface area contributed by atoms with Gasteiger partial charge in [-0.15, -0.1) is 0 Å². The average Bonchev–Trinajstić information content (AvgIpc) is 3.51. The second-order valence-corrected chi connectivity index (χ2v) is 10.6. The fourth-order valence-electron chi connectivity index (χ4n) is 6.21. The van der Waals surface area contributed by atoms with Gasteiger partial charge in [0, 0.05) is 49.5 Å². The lowest BCUT2D eigenvalue weighted by Crippen LogP contribution is -2.48. The summed E-state index contributed by atoms with van der Waals surface area (Å²) in [5.41, 5.74) is 0.641. The third-order valence-corrected chi connectivity index (χ3v) is 8.28. The number of hydrogen-bond donors (Lipinski definition) is 2. The fourth-order valence-corrected chi connectivity index (χ4v) is 6.21. The smallest absolute Gasteiger partial charge is 0.416 e. The summed E-state index contributed by atoms with van der Waals surface area (Å²) in [5, 5.41) is 5.90. The Labute approximate surface area is 220 Å². The highest BCUT2D eigenvalue weighted by Gasteiger charge is 2.51. The first-order valence-electron chi connectivity index (χ1n) is 13.0. The summed E-state index contributed by atoms with van der Waals surface area (Å²) >= 11 is 0. The summed E-state index contributed by atoms with van der Waals surface area (Å²) in [7, 11) is 3.66. The topological polar surface area (TPSA) is 73.9 Å². The summed E-state index contributed by atoms with van der Waals surface area (Å²) in [6.07, 6.45) is -1.96. The Hall–Kier alpha value is -3.27. The molecule has 0 spiro atoms. The van der Waals surface area contributed by atoms with Gasteiger partial charge in [-0.2, -0.15) is 13.2 Å². The van der Waals surface area contributed by atoms with E-state index in [0.717, 1.165) is 63.3 Å². The van der Waals surface area contributed by atoms with E-state index in [0.29, 0.717) is 11.4 Å². The first-order chi connectivity index (χ1) is 18.1. The average molecular weight is 531 g/mol. The van der Waals surface area contributed by atoms with Crippen LogP contribution in [0.3, 0.4) is 0 Å². The van der Waals surface area contributed by atoms with Crippen LogP contribution in [0.5, 0.6) is 5.75 Å². The van der Waals surface area contributed by atoms with E-state index < -0.39 is 29.6 Å². The van der Waals surface area contributed by atoms with Gasteiger partial charge in [0.05, 0.1) is 24.3 Å². The molecule has 2 aliphatic carbocycles. The van der Waals surface area contributed by atoms with Crippen LogP contribution < -0.4 is 20.3 Å². The number of alkyl halides is 3. The number of piperazine rings is 1. The number of halogens is 3. The highest BCUT2D eigenvalue weighted by molar-refractivity contribution is 5.98. The molecule has 0 unspecified atom stereocenters. The van der Waals surface area contributed by atoms with Gasteiger partial charge < -0.3 is 25.2 Å². The van der Waals surface area contributed by atoms with E-state index >= 15 is 0 Å². The van der Waals surface area contributed by atoms with Crippen molar-refractivity contribution in [1.82, 2.24) is 10.2 Å². The molecular formula is C28H33F3N4O3. The van der Waals surface area contributed by atoms with E-state index in [-0.39, 0.29) is 23.3 Å². The maximum Gasteiger partial charge on any atom is 0.416 e. The van der Waals surface area contributed by atoms with Crippen molar-refractivity contribution in [2.24, 2.45) is 17.8 Å². The third kappa shape index (κ3) is 5.32. The largest absolute Gasteiger partial charge is 0.494 e. The molecule has 2 amide bonds. The van der Waals surface area contributed by atoms with E-state index in [9.17, 15) is 22.8 Å². The number of anilines is 2. The van der Waals surface area contributed by atoms with Crippen LogP contribution in [0.25, 0.3) is 0 Å². The number of nitrogens with one attached hydrogen (secondary N) is 2. The third-order valence-electron chi connectivity index (χ3n) is 8.28. The standard InChI is InChI=1S/C28H33F3N4O3/c1-34-10-12-35(13-11-34)21-8-9-22(23(16-21)38-2)32-27(37)24-17-6-7-18(14-17)25(24)33-26(36)19-4-3-5-20(15-19)28(29,30)31/h3-5,8-9,15-18,24-25H,6-7,10-14H2,1-2H3,(H,32,37)(H,33,36)/t17-,18+,24+,25+/m0/s1. The number of carbonyl (C=O) groups is 2. The molecule has 3 fully saturated rings. The highest BCUT2D eigenvalue weighted by Crippen LogP contribution is 2.49. The van der Waals surface area contributed by atoms with Gasteiger partial charge >= 0.3 is 6.18 Å². The number of ether oxygens (including phenoxy) is 1. The minimum Gasteiger partial charge on any atom is -0.494 e. The van der Waals surface area contributed by atoms with Crippen LogP contribution in [0.1, 0.15) is 35.2 Å². The molecule has 3 aliphatic rings. The van der Waals surface area contributed by atoms with Crippen LogP contribution in [-0.2, 0) is 11.0 Å². The van der Waals surface area contributed by atoms with Crippen LogP contribution >= 0.6 is 0 Å². The minimum absolute atomic E-state index is 0.0667. The van der Waals surface area contributed by atoms with Crippen molar-refractivity contribution in [2.75, 3.05) is 50.6 Å². The summed E-state index contributed by atoms with van der Waals surface area (Å²) < 4.78 is 45.0. The molecule has 1 saturated heterocycles. The van der Waals surface area contributed by atoms with Crippen molar-refractivity contribution in [2.45, 2.75) is 31.5 Å². The van der Waals surface area contributed by atoms with E-state index in [1.54, 1.807) is 7.11 Å². The van der Waals surface area contributed by atoms with Crippen molar-refractivity contribution < 1.29 is 27.5 Å². The van der Waals surface area contributed by atoms with Crippen LogP contribution in [0.15, 0.2) is 42.5 Å². The highest BCUT2D eigenvalue weighted by atomic mass is 19.4. The predicted octanol–water partition coefficient (Wildman–Crippen LogP) is 4.25. The second kappa shape index (κ2) is 10.5. The van der Waals surface area contributed by atoms with Gasteiger partial charge in [0.25, 0.3) is 5.91 Å². The molecular weight excluding hydrogens is 497 g/mol. The number of likely N-dealkylation sites (N-methyl/N-ethyl adjacent to an activating group) is 1. The molecule has 2 aromatic rings. The molecule has 4 atom stereocenters. The molecule has 0 radical (unpaired) electrons. The molecule has 2 N–H and O–H groups in total. The summed E-state index contributed by atoms with van der Waals surface area (Å²) in [6.45, 7) is 3.75. The number of amides is 2. The number of nitrogens with zero attached hydrogens (tertiary/aromatic N) is 2. The Morgan fingerprint density at radius 2 is 1.74 bits per heavy atom. The van der Waals surface area contributed by atoms with Gasteiger partial charge in [0.2, 0.25) is 5.91 Å². The molecule has 2 aromatic carbocycles. The monoisotopic (exact) mass is 530 g/mol. The first kappa shape index (κ1) is 26.3. The SMILES string of the molecule is COc1cc(N2CCN(C)CC2)ccc1NC(=O)[C@@H]1[C@H]2CC[C@H](C2)[C@H]1NC(=O)c1cccc(C(F)(F)F)c1. The maximum atomic E-state index is 13.5. The van der Waals surface area contributed by atoms with Crippen LogP contribution in [0.2, 0.25) is 0 Å². The molecule has 1 aliphatic heterocycles. The lowest BCUT2D eigenvalue weighted by atomic mass is 9.83.